The highest BCUT2D eigenvalue weighted by Crippen LogP contribution is 2.19. The highest BCUT2D eigenvalue weighted by atomic mass is 32.2. The molecule has 2 N–H and O–H groups in total. The number of sulfonamides is 1. The van der Waals surface area contributed by atoms with Crippen LogP contribution in [-0.4, -0.2) is 44.7 Å². The molecule has 0 saturated heterocycles. The molecule has 0 aliphatic carbocycles. The van der Waals surface area contributed by atoms with Gasteiger partial charge in [-0.05, 0) is 42.0 Å². The van der Waals surface area contributed by atoms with Gasteiger partial charge in [0.2, 0.25) is 15.9 Å². The molecule has 1 atom stereocenters. The van der Waals surface area contributed by atoms with Gasteiger partial charge < -0.3 is 10.6 Å². The second kappa shape index (κ2) is 9.77. The molecule has 0 bridgehead atoms. The Bertz CT molecular complexity index is 1020. The van der Waals surface area contributed by atoms with Crippen molar-refractivity contribution in [2.75, 3.05) is 20.1 Å². The molecule has 0 aromatic heterocycles. The van der Waals surface area contributed by atoms with Crippen molar-refractivity contribution in [1.29, 1.82) is 0 Å². The first kappa shape index (κ1) is 23.4. The van der Waals surface area contributed by atoms with Crippen LogP contribution in [0.5, 0.6) is 0 Å². The van der Waals surface area contributed by atoms with E-state index in [2.05, 4.69) is 10.6 Å². The van der Waals surface area contributed by atoms with Gasteiger partial charge >= 0.3 is 0 Å². The van der Waals surface area contributed by atoms with E-state index in [0.717, 1.165) is 12.1 Å². The number of nitrogens with zero attached hydrogens (tertiary/aromatic N) is 1. The second-order valence-electron chi connectivity index (χ2n) is 6.31. The fourth-order valence-electron chi connectivity index (χ4n) is 2.84. The number of amides is 2. The maximum atomic E-state index is 13.6. The molecule has 0 saturated carbocycles. The van der Waals surface area contributed by atoms with Crippen LogP contribution in [0.3, 0.4) is 0 Å². The van der Waals surface area contributed by atoms with E-state index in [9.17, 15) is 26.8 Å². The Balaban J connectivity index is 2.28. The van der Waals surface area contributed by atoms with Gasteiger partial charge in [0.15, 0.2) is 11.6 Å². The lowest BCUT2D eigenvalue weighted by molar-refractivity contribution is -0.122. The molecule has 0 heterocycles. The molecule has 2 aromatic rings. The van der Waals surface area contributed by atoms with E-state index < -0.39 is 39.5 Å². The number of hydrogen-bond donors (Lipinski definition) is 2. The fraction of sp³-hybridized carbons (Fsp3) is 0.300. The van der Waals surface area contributed by atoms with Crippen molar-refractivity contribution in [3.8, 4) is 0 Å². The summed E-state index contributed by atoms with van der Waals surface area (Å²) >= 11 is 0. The van der Waals surface area contributed by atoms with Crippen molar-refractivity contribution in [3.05, 3.63) is 65.2 Å². The summed E-state index contributed by atoms with van der Waals surface area (Å²) in [6, 6.07) is 6.85. The number of rotatable bonds is 8. The van der Waals surface area contributed by atoms with Gasteiger partial charge in [-0.25, -0.2) is 17.2 Å². The summed E-state index contributed by atoms with van der Waals surface area (Å²) in [4.78, 5) is 24.8. The molecule has 30 heavy (non-hydrogen) atoms. The molecular weight excluding hydrogens is 416 g/mol. The number of likely N-dealkylation sites (N-methyl/N-ethyl adjacent to an activating group) is 1. The Hall–Kier alpha value is -2.85. The predicted molar refractivity (Wildman–Crippen MR) is 107 cm³/mol. The van der Waals surface area contributed by atoms with Crippen LogP contribution in [0.15, 0.2) is 47.4 Å². The normalized spacial score (nSPS) is 12.5. The summed E-state index contributed by atoms with van der Waals surface area (Å²) in [5, 5.41) is 4.80. The van der Waals surface area contributed by atoms with Crippen LogP contribution in [0.1, 0.15) is 35.8 Å². The summed E-state index contributed by atoms with van der Waals surface area (Å²) in [6.45, 7) is 4.06. The third-order valence-electron chi connectivity index (χ3n) is 4.52. The maximum absolute atomic E-state index is 13.6. The number of carbonyl (C=O) groups is 2. The molecule has 2 aromatic carbocycles. The van der Waals surface area contributed by atoms with E-state index in [1.807, 2.05) is 0 Å². The highest BCUT2D eigenvalue weighted by Gasteiger charge is 2.25. The predicted octanol–water partition coefficient (Wildman–Crippen LogP) is 2.21. The topological polar surface area (TPSA) is 95.6 Å². The zero-order chi connectivity index (χ0) is 22.5. The standard InChI is InChI=1S/C20H23F2N3O4S/c1-4-25(5-2)30(28,29)15-9-6-13(7-10-15)19(26)24-18(20(27)23-3)14-8-11-16(21)17(22)12-14/h6-12,18H,4-5H2,1-3H3,(H,23,27)(H,24,26). The SMILES string of the molecule is CCN(CC)S(=O)(=O)c1ccc(C(=O)NC(C(=O)NC)c2ccc(F)c(F)c2)cc1. The van der Waals surface area contributed by atoms with Crippen molar-refractivity contribution in [1.82, 2.24) is 14.9 Å². The summed E-state index contributed by atoms with van der Waals surface area (Å²) in [5.74, 6) is -3.54. The van der Waals surface area contributed by atoms with Gasteiger partial charge in [0.25, 0.3) is 5.91 Å². The smallest absolute Gasteiger partial charge is 0.252 e. The van der Waals surface area contributed by atoms with Gasteiger partial charge in [0, 0.05) is 25.7 Å². The van der Waals surface area contributed by atoms with Gasteiger partial charge in [-0.1, -0.05) is 19.9 Å². The summed E-state index contributed by atoms with van der Waals surface area (Å²) in [6.07, 6.45) is 0. The van der Waals surface area contributed by atoms with Gasteiger partial charge in [0.05, 0.1) is 4.90 Å². The van der Waals surface area contributed by atoms with Crippen LogP contribution in [-0.2, 0) is 14.8 Å². The quantitative estimate of drug-likeness (QED) is 0.659. The third kappa shape index (κ3) is 5.00. The third-order valence-corrected chi connectivity index (χ3v) is 6.58. The Labute approximate surface area is 174 Å². The van der Waals surface area contributed by atoms with Crippen molar-refractivity contribution in [3.63, 3.8) is 0 Å². The molecular formula is C20H23F2N3O4S. The van der Waals surface area contributed by atoms with Crippen molar-refractivity contribution < 1.29 is 26.8 Å². The maximum Gasteiger partial charge on any atom is 0.252 e. The first-order valence-corrected chi connectivity index (χ1v) is 10.7. The van der Waals surface area contributed by atoms with Crippen molar-refractivity contribution in [2.24, 2.45) is 0 Å². The molecule has 1 unspecified atom stereocenters. The molecule has 0 aliphatic heterocycles. The Morgan fingerprint density at radius 3 is 2.10 bits per heavy atom. The first-order valence-electron chi connectivity index (χ1n) is 9.23. The zero-order valence-electron chi connectivity index (χ0n) is 16.8. The Morgan fingerprint density at radius 1 is 1.00 bits per heavy atom. The van der Waals surface area contributed by atoms with Crippen LogP contribution in [0.4, 0.5) is 8.78 Å². The molecule has 162 valence electrons. The minimum absolute atomic E-state index is 0.0335. The van der Waals surface area contributed by atoms with Crippen LogP contribution < -0.4 is 10.6 Å². The Kier molecular flexibility index (Phi) is 7.63. The van der Waals surface area contributed by atoms with Crippen LogP contribution in [0, 0.1) is 11.6 Å². The van der Waals surface area contributed by atoms with E-state index in [1.54, 1.807) is 13.8 Å². The number of halogens is 2. The monoisotopic (exact) mass is 439 g/mol. The van der Waals surface area contributed by atoms with E-state index in [0.29, 0.717) is 13.1 Å². The highest BCUT2D eigenvalue weighted by molar-refractivity contribution is 7.89. The zero-order valence-corrected chi connectivity index (χ0v) is 17.6. The van der Waals surface area contributed by atoms with Gasteiger partial charge in [0.1, 0.15) is 6.04 Å². The summed E-state index contributed by atoms with van der Waals surface area (Å²) < 4.78 is 53.1. The second-order valence-corrected chi connectivity index (χ2v) is 8.25. The number of hydrogen-bond acceptors (Lipinski definition) is 4. The van der Waals surface area contributed by atoms with Crippen molar-refractivity contribution >= 4 is 21.8 Å². The first-order chi connectivity index (χ1) is 14.1. The largest absolute Gasteiger partial charge is 0.357 e. The number of nitrogens with one attached hydrogen (secondary N) is 2. The molecule has 2 amide bonds. The van der Waals surface area contributed by atoms with Crippen LogP contribution in [0.2, 0.25) is 0 Å². The van der Waals surface area contributed by atoms with Crippen LogP contribution >= 0.6 is 0 Å². The molecule has 0 spiro atoms. The van der Waals surface area contributed by atoms with Gasteiger partial charge in [-0.2, -0.15) is 4.31 Å². The van der Waals surface area contributed by atoms with Crippen LogP contribution in [0.25, 0.3) is 0 Å². The lowest BCUT2D eigenvalue weighted by Gasteiger charge is -2.19. The minimum Gasteiger partial charge on any atom is -0.357 e. The summed E-state index contributed by atoms with van der Waals surface area (Å²) in [5.41, 5.74) is 0.160. The molecule has 2 rings (SSSR count). The number of carbonyl (C=O) groups excluding carboxylic acids is 2. The van der Waals surface area contributed by atoms with E-state index in [1.165, 1.54) is 41.7 Å². The Morgan fingerprint density at radius 2 is 1.60 bits per heavy atom. The average molecular weight is 439 g/mol. The molecule has 0 fully saturated rings. The molecule has 0 aliphatic rings. The van der Waals surface area contributed by atoms with Crippen molar-refractivity contribution in [2.45, 2.75) is 24.8 Å². The van der Waals surface area contributed by atoms with Gasteiger partial charge in [-0.15, -0.1) is 0 Å². The lowest BCUT2D eigenvalue weighted by atomic mass is 10.0. The molecule has 0 radical (unpaired) electrons. The minimum atomic E-state index is -3.68. The molecule has 7 nitrogen and oxygen atoms in total. The number of benzene rings is 2. The summed E-state index contributed by atoms with van der Waals surface area (Å²) in [7, 11) is -2.33. The fourth-order valence-corrected chi connectivity index (χ4v) is 4.30. The van der Waals surface area contributed by atoms with Gasteiger partial charge in [-0.3, -0.25) is 9.59 Å². The van der Waals surface area contributed by atoms with E-state index >= 15 is 0 Å². The molecule has 10 heteroatoms. The average Bonchev–Trinajstić information content (AvgIpc) is 2.74. The van der Waals surface area contributed by atoms with E-state index in [4.69, 9.17) is 0 Å². The lowest BCUT2D eigenvalue weighted by Crippen LogP contribution is -2.39. The van der Waals surface area contributed by atoms with E-state index in [-0.39, 0.29) is 16.0 Å².